The van der Waals surface area contributed by atoms with Crippen molar-refractivity contribution in [2.75, 3.05) is 13.2 Å². The van der Waals surface area contributed by atoms with Crippen LogP contribution < -0.4 is 0 Å². The van der Waals surface area contributed by atoms with E-state index in [9.17, 15) is 20.4 Å². The van der Waals surface area contributed by atoms with Gasteiger partial charge in [0.1, 0.15) is 37.1 Å². The van der Waals surface area contributed by atoms with Crippen LogP contribution in [0, 0.1) is 0 Å². The molecule has 4 N–H and O–H groups in total. The molecule has 0 saturated carbocycles. The summed E-state index contributed by atoms with van der Waals surface area (Å²) in [4.78, 5) is 4.95. The first-order valence-corrected chi connectivity index (χ1v) is 10.6. The third-order valence-electron chi connectivity index (χ3n) is 5.31. The summed E-state index contributed by atoms with van der Waals surface area (Å²) >= 11 is 6.39. The van der Waals surface area contributed by atoms with Crippen molar-refractivity contribution in [1.29, 1.82) is 0 Å². The van der Waals surface area contributed by atoms with Gasteiger partial charge in [0, 0.05) is 17.7 Å². The van der Waals surface area contributed by atoms with E-state index in [2.05, 4.69) is 5.16 Å². The van der Waals surface area contributed by atoms with Crippen molar-refractivity contribution in [3.63, 3.8) is 0 Å². The average Bonchev–Trinajstić information content (AvgIpc) is 2.78. The quantitative estimate of drug-likeness (QED) is 0.362. The molecule has 1 aliphatic rings. The van der Waals surface area contributed by atoms with Gasteiger partial charge in [0.2, 0.25) is 0 Å². The van der Waals surface area contributed by atoms with Gasteiger partial charge in [-0.25, -0.2) is 0 Å². The number of ether oxygens (including phenoxy) is 1. The highest BCUT2D eigenvalue weighted by molar-refractivity contribution is 6.31. The molecule has 0 unspecified atom stereocenters. The molecule has 7 nitrogen and oxygen atoms in total. The largest absolute Gasteiger partial charge is 0.396 e. The second-order valence-corrected chi connectivity index (χ2v) is 7.91. The van der Waals surface area contributed by atoms with Crippen molar-refractivity contribution in [3.8, 4) is 0 Å². The van der Waals surface area contributed by atoms with Crippen LogP contribution in [-0.2, 0) is 22.4 Å². The lowest BCUT2D eigenvalue weighted by molar-refractivity contribution is -0.231. The van der Waals surface area contributed by atoms with Gasteiger partial charge >= 0.3 is 0 Å². The van der Waals surface area contributed by atoms with Gasteiger partial charge in [0.15, 0.2) is 0 Å². The molecular weight excluding hydrogens is 422 g/mol. The molecule has 1 aliphatic heterocycles. The summed E-state index contributed by atoms with van der Waals surface area (Å²) in [5.41, 5.74) is 3.61. The Balaban J connectivity index is 1.74. The van der Waals surface area contributed by atoms with E-state index < -0.39 is 37.1 Å². The minimum absolute atomic E-state index is 0.469. The minimum atomic E-state index is -1.42. The van der Waals surface area contributed by atoms with Gasteiger partial charge < -0.3 is 30.0 Å². The van der Waals surface area contributed by atoms with Crippen LogP contribution in [0.2, 0.25) is 5.02 Å². The Labute approximate surface area is 186 Å². The first kappa shape index (κ1) is 23.7. The fourth-order valence-electron chi connectivity index (χ4n) is 3.57. The molecule has 3 rings (SSSR count). The number of aliphatic hydroxyl groups is 4. The molecule has 168 valence electrons. The second-order valence-electron chi connectivity index (χ2n) is 7.50. The SMILES string of the molecule is CCON=CCc1ccc(Cc2cc([C@@H]3O[C@H](CO)[C@@H](O)[C@H](O)[C@H]3O)ccc2Cl)cc1. The fraction of sp³-hybridized carbons (Fsp3) is 0.435. The van der Waals surface area contributed by atoms with Crippen LogP contribution >= 0.6 is 11.6 Å². The summed E-state index contributed by atoms with van der Waals surface area (Å²) in [6.45, 7) is 1.95. The van der Waals surface area contributed by atoms with E-state index >= 15 is 0 Å². The third-order valence-corrected chi connectivity index (χ3v) is 5.68. The lowest BCUT2D eigenvalue weighted by Gasteiger charge is -2.40. The normalized spacial score (nSPS) is 26.3. The average molecular weight is 450 g/mol. The van der Waals surface area contributed by atoms with E-state index in [1.54, 1.807) is 18.3 Å². The summed E-state index contributed by atoms with van der Waals surface area (Å²) in [6.07, 6.45) is -3.02. The zero-order chi connectivity index (χ0) is 22.4. The smallest absolute Gasteiger partial charge is 0.114 e. The molecule has 2 aromatic rings. The van der Waals surface area contributed by atoms with E-state index in [-0.39, 0.29) is 0 Å². The van der Waals surface area contributed by atoms with Crippen LogP contribution in [0.1, 0.15) is 35.3 Å². The molecule has 0 bridgehead atoms. The van der Waals surface area contributed by atoms with Crippen LogP contribution in [0.15, 0.2) is 47.6 Å². The molecule has 31 heavy (non-hydrogen) atoms. The minimum Gasteiger partial charge on any atom is -0.396 e. The lowest BCUT2D eigenvalue weighted by atomic mass is 9.90. The zero-order valence-corrected chi connectivity index (χ0v) is 18.0. The van der Waals surface area contributed by atoms with Crippen LogP contribution in [0.25, 0.3) is 0 Å². The van der Waals surface area contributed by atoms with E-state index in [4.69, 9.17) is 21.2 Å². The summed E-state index contributed by atoms with van der Waals surface area (Å²) in [5.74, 6) is 0. The van der Waals surface area contributed by atoms with E-state index in [0.717, 1.165) is 16.7 Å². The van der Waals surface area contributed by atoms with Crippen LogP contribution in [0.5, 0.6) is 0 Å². The summed E-state index contributed by atoms with van der Waals surface area (Å²) in [7, 11) is 0. The Morgan fingerprint density at radius 1 is 1.03 bits per heavy atom. The first-order chi connectivity index (χ1) is 14.9. The molecule has 1 heterocycles. The molecule has 8 heteroatoms. The van der Waals surface area contributed by atoms with Gasteiger partial charge in [-0.1, -0.05) is 53.2 Å². The molecule has 5 atom stereocenters. The predicted molar refractivity (Wildman–Crippen MR) is 117 cm³/mol. The molecular formula is C23H28ClNO6. The lowest BCUT2D eigenvalue weighted by Crippen LogP contribution is -2.55. The number of hydrogen-bond acceptors (Lipinski definition) is 7. The van der Waals surface area contributed by atoms with Crippen molar-refractivity contribution in [1.82, 2.24) is 0 Å². The van der Waals surface area contributed by atoms with E-state index in [1.165, 1.54) is 0 Å². The highest BCUT2D eigenvalue weighted by Crippen LogP contribution is 2.34. The standard InChI is InChI=1S/C23H28ClNO6/c1-2-30-25-10-9-14-3-5-15(6-4-14)11-17-12-16(7-8-18(17)24)23-22(29)21(28)20(27)19(13-26)31-23/h3-8,10,12,19-23,26-29H,2,9,11,13H2,1H3/t19-,20-,21+,22-,23+/m1/s1. The maximum absolute atomic E-state index is 10.4. The zero-order valence-electron chi connectivity index (χ0n) is 17.3. The van der Waals surface area contributed by atoms with Gasteiger partial charge in [-0.3, -0.25) is 0 Å². The van der Waals surface area contributed by atoms with Crippen molar-refractivity contribution in [2.45, 2.75) is 50.3 Å². The van der Waals surface area contributed by atoms with Gasteiger partial charge in [0.05, 0.1) is 6.61 Å². The highest BCUT2D eigenvalue weighted by atomic mass is 35.5. The van der Waals surface area contributed by atoms with Crippen molar-refractivity contribution >= 4 is 17.8 Å². The number of benzene rings is 2. The molecule has 0 amide bonds. The van der Waals surface area contributed by atoms with E-state index in [1.807, 2.05) is 37.3 Å². The molecule has 0 spiro atoms. The second kappa shape index (κ2) is 11.0. The van der Waals surface area contributed by atoms with Gasteiger partial charge in [-0.05, 0) is 41.7 Å². The molecule has 1 saturated heterocycles. The summed E-state index contributed by atoms with van der Waals surface area (Å²) < 4.78 is 5.66. The maximum Gasteiger partial charge on any atom is 0.114 e. The number of aliphatic hydroxyl groups excluding tert-OH is 4. The van der Waals surface area contributed by atoms with Crippen LogP contribution in [0.3, 0.4) is 0 Å². The summed E-state index contributed by atoms with van der Waals surface area (Å²) in [5, 5.41) is 44.3. The molecule has 0 radical (unpaired) electrons. The number of halogens is 1. The Morgan fingerprint density at radius 2 is 1.74 bits per heavy atom. The first-order valence-electron chi connectivity index (χ1n) is 10.2. The topological polar surface area (TPSA) is 112 Å². The molecule has 2 aromatic carbocycles. The highest BCUT2D eigenvalue weighted by Gasteiger charge is 2.43. The maximum atomic E-state index is 10.4. The number of rotatable bonds is 8. The predicted octanol–water partition coefficient (Wildman–Crippen LogP) is 2.01. The molecule has 1 fully saturated rings. The number of hydrogen-bond donors (Lipinski definition) is 4. The van der Waals surface area contributed by atoms with Crippen molar-refractivity contribution in [2.24, 2.45) is 5.16 Å². The third kappa shape index (κ3) is 5.83. The number of oxime groups is 1. The van der Waals surface area contributed by atoms with Gasteiger partial charge in [-0.15, -0.1) is 0 Å². The van der Waals surface area contributed by atoms with Crippen LogP contribution in [0.4, 0.5) is 0 Å². The van der Waals surface area contributed by atoms with E-state index in [0.29, 0.717) is 30.0 Å². The monoisotopic (exact) mass is 449 g/mol. The summed E-state index contributed by atoms with van der Waals surface area (Å²) in [6, 6.07) is 13.3. The Hall–Kier alpha value is -2.00. The van der Waals surface area contributed by atoms with Crippen molar-refractivity contribution in [3.05, 3.63) is 69.7 Å². The Bertz CT molecular complexity index is 873. The van der Waals surface area contributed by atoms with Crippen LogP contribution in [-0.4, -0.2) is 64.3 Å². The number of nitrogens with zero attached hydrogens (tertiary/aromatic N) is 1. The molecule has 0 aliphatic carbocycles. The van der Waals surface area contributed by atoms with Crippen molar-refractivity contribution < 1.29 is 30.0 Å². The van der Waals surface area contributed by atoms with Gasteiger partial charge in [0.25, 0.3) is 0 Å². The molecule has 0 aromatic heterocycles. The fourth-order valence-corrected chi connectivity index (χ4v) is 3.75. The Morgan fingerprint density at radius 3 is 2.42 bits per heavy atom. The Kier molecular flexibility index (Phi) is 8.43. The van der Waals surface area contributed by atoms with Gasteiger partial charge in [-0.2, -0.15) is 0 Å².